The van der Waals surface area contributed by atoms with E-state index in [1.54, 1.807) is 44.4 Å². The molecule has 5 nitrogen and oxygen atoms in total. The van der Waals surface area contributed by atoms with Gasteiger partial charge in [-0.15, -0.1) is 0 Å². The molecule has 2 aromatic carbocycles. The second kappa shape index (κ2) is 7.60. The Morgan fingerprint density at radius 2 is 1.96 bits per heavy atom. The molecule has 0 fully saturated rings. The molecule has 1 unspecified atom stereocenters. The molecule has 2 amide bonds. The minimum atomic E-state index is -0.866. The van der Waals surface area contributed by atoms with E-state index >= 15 is 0 Å². The first-order chi connectivity index (χ1) is 11.0. The maximum atomic E-state index is 13.6. The molecule has 0 aliphatic heterocycles. The lowest BCUT2D eigenvalue weighted by Gasteiger charge is -2.14. The average Bonchev–Trinajstić information content (AvgIpc) is 2.55. The lowest BCUT2D eigenvalue weighted by molar-refractivity contribution is 0.175. The summed E-state index contributed by atoms with van der Waals surface area (Å²) in [6.07, 6.45) is -0.866. The van der Waals surface area contributed by atoms with Crippen LogP contribution in [0.15, 0.2) is 42.5 Å². The van der Waals surface area contributed by atoms with Crippen LogP contribution in [-0.4, -0.2) is 24.8 Å². The molecule has 0 bridgehead atoms. The summed E-state index contributed by atoms with van der Waals surface area (Å²) in [5.41, 5.74) is 1.50. The van der Waals surface area contributed by atoms with Gasteiger partial charge in [-0.05, 0) is 42.3 Å². The zero-order valence-electron chi connectivity index (χ0n) is 13.0. The summed E-state index contributed by atoms with van der Waals surface area (Å²) in [7, 11) is 1.56. The topological polar surface area (TPSA) is 70.6 Å². The van der Waals surface area contributed by atoms with E-state index in [1.807, 2.05) is 0 Å². The van der Waals surface area contributed by atoms with E-state index in [4.69, 9.17) is 4.74 Å². The number of hydrogen-bond donors (Lipinski definition) is 3. The third-order valence-electron chi connectivity index (χ3n) is 3.33. The number of amides is 2. The minimum Gasteiger partial charge on any atom is -0.497 e. The van der Waals surface area contributed by atoms with E-state index in [9.17, 15) is 14.3 Å². The molecule has 0 aromatic heterocycles. The average molecular weight is 318 g/mol. The lowest BCUT2D eigenvalue weighted by Crippen LogP contribution is -2.32. The van der Waals surface area contributed by atoms with Gasteiger partial charge in [0.2, 0.25) is 0 Å². The fraction of sp³-hybridized carbons (Fsp3) is 0.235. The maximum absolute atomic E-state index is 13.6. The molecule has 2 rings (SSSR count). The maximum Gasteiger partial charge on any atom is 0.319 e. The normalized spacial score (nSPS) is 11.7. The monoisotopic (exact) mass is 318 g/mol. The number of aliphatic hydroxyl groups is 1. The van der Waals surface area contributed by atoms with Crippen LogP contribution in [-0.2, 0) is 0 Å². The van der Waals surface area contributed by atoms with Crippen molar-refractivity contribution in [3.8, 4) is 5.75 Å². The highest BCUT2D eigenvalue weighted by Gasteiger charge is 2.11. The van der Waals surface area contributed by atoms with Gasteiger partial charge in [0.1, 0.15) is 11.6 Å². The molecule has 1 atom stereocenters. The van der Waals surface area contributed by atoms with Gasteiger partial charge in [0, 0.05) is 6.54 Å². The molecule has 0 saturated carbocycles. The number of aryl methyl sites for hydroxylation is 1. The third-order valence-corrected chi connectivity index (χ3v) is 3.33. The van der Waals surface area contributed by atoms with Gasteiger partial charge in [0.15, 0.2) is 0 Å². The van der Waals surface area contributed by atoms with Crippen LogP contribution in [0.5, 0.6) is 5.75 Å². The number of benzene rings is 2. The number of nitrogens with one attached hydrogen (secondary N) is 2. The summed E-state index contributed by atoms with van der Waals surface area (Å²) in [6.45, 7) is 1.77. The van der Waals surface area contributed by atoms with E-state index < -0.39 is 18.0 Å². The smallest absolute Gasteiger partial charge is 0.319 e. The number of rotatable bonds is 5. The Hall–Kier alpha value is -2.60. The molecule has 0 saturated heterocycles. The van der Waals surface area contributed by atoms with Gasteiger partial charge in [-0.3, -0.25) is 0 Å². The van der Waals surface area contributed by atoms with E-state index in [0.29, 0.717) is 11.3 Å². The Kier molecular flexibility index (Phi) is 5.54. The SMILES string of the molecule is COc1ccc(C(O)CNC(=O)Nc2ccc(C)cc2F)cc1. The van der Waals surface area contributed by atoms with E-state index in [0.717, 1.165) is 5.56 Å². The van der Waals surface area contributed by atoms with Crippen LogP contribution in [0.4, 0.5) is 14.9 Å². The highest BCUT2D eigenvalue weighted by molar-refractivity contribution is 5.89. The molecule has 0 aliphatic carbocycles. The Morgan fingerprint density at radius 3 is 2.57 bits per heavy atom. The number of carbonyl (C=O) groups is 1. The standard InChI is InChI=1S/C17H19FN2O3/c1-11-3-8-15(14(18)9-11)20-17(22)19-10-16(21)12-4-6-13(23-2)7-5-12/h3-9,16,21H,10H2,1-2H3,(H2,19,20,22). The fourth-order valence-corrected chi connectivity index (χ4v) is 2.02. The van der Waals surface area contributed by atoms with E-state index in [1.165, 1.54) is 12.1 Å². The molecule has 122 valence electrons. The van der Waals surface area contributed by atoms with Crippen molar-refractivity contribution in [2.24, 2.45) is 0 Å². The van der Waals surface area contributed by atoms with Gasteiger partial charge in [-0.2, -0.15) is 0 Å². The molecule has 0 radical (unpaired) electrons. The van der Waals surface area contributed by atoms with E-state index in [2.05, 4.69) is 10.6 Å². The zero-order chi connectivity index (χ0) is 16.8. The molecule has 0 aliphatic rings. The van der Waals surface area contributed by atoms with Crippen molar-refractivity contribution in [2.75, 3.05) is 19.0 Å². The number of anilines is 1. The molecular weight excluding hydrogens is 299 g/mol. The van der Waals surface area contributed by atoms with Gasteiger partial charge in [0.05, 0.1) is 18.9 Å². The van der Waals surface area contributed by atoms with Crippen LogP contribution in [0, 0.1) is 12.7 Å². The van der Waals surface area contributed by atoms with Crippen molar-refractivity contribution in [2.45, 2.75) is 13.0 Å². The Bertz CT molecular complexity index is 674. The quantitative estimate of drug-likeness (QED) is 0.793. The zero-order valence-corrected chi connectivity index (χ0v) is 13.0. The van der Waals surface area contributed by atoms with Crippen molar-refractivity contribution in [3.05, 3.63) is 59.4 Å². The van der Waals surface area contributed by atoms with Gasteiger partial charge < -0.3 is 20.5 Å². The van der Waals surface area contributed by atoms with Crippen molar-refractivity contribution in [3.63, 3.8) is 0 Å². The summed E-state index contributed by atoms with van der Waals surface area (Å²) in [6, 6.07) is 10.8. The van der Waals surface area contributed by atoms with Crippen LogP contribution >= 0.6 is 0 Å². The predicted molar refractivity (Wildman–Crippen MR) is 86.1 cm³/mol. The summed E-state index contributed by atoms with van der Waals surface area (Å²) >= 11 is 0. The Labute approximate surface area is 134 Å². The number of ether oxygens (including phenoxy) is 1. The first-order valence-electron chi connectivity index (χ1n) is 7.12. The largest absolute Gasteiger partial charge is 0.497 e. The summed E-state index contributed by atoms with van der Waals surface area (Å²) < 4.78 is 18.7. The van der Waals surface area contributed by atoms with Crippen LogP contribution in [0.3, 0.4) is 0 Å². The Balaban J connectivity index is 1.87. The highest BCUT2D eigenvalue weighted by atomic mass is 19.1. The minimum absolute atomic E-state index is 0.00560. The Morgan fingerprint density at radius 1 is 1.26 bits per heavy atom. The van der Waals surface area contributed by atoms with Crippen molar-refractivity contribution >= 4 is 11.7 Å². The molecular formula is C17H19FN2O3. The second-order valence-electron chi connectivity index (χ2n) is 5.11. The summed E-state index contributed by atoms with van der Waals surface area (Å²) in [4.78, 5) is 11.8. The number of urea groups is 1. The fourth-order valence-electron chi connectivity index (χ4n) is 2.02. The van der Waals surface area contributed by atoms with Crippen molar-refractivity contribution in [1.29, 1.82) is 0 Å². The summed E-state index contributed by atoms with van der Waals surface area (Å²) in [5.74, 6) is 0.178. The molecule has 3 N–H and O–H groups in total. The van der Waals surface area contributed by atoms with Crippen molar-refractivity contribution in [1.82, 2.24) is 5.32 Å². The van der Waals surface area contributed by atoms with Crippen LogP contribution in [0.1, 0.15) is 17.2 Å². The second-order valence-corrected chi connectivity index (χ2v) is 5.11. The van der Waals surface area contributed by atoms with E-state index in [-0.39, 0.29) is 12.2 Å². The van der Waals surface area contributed by atoms with Crippen LogP contribution in [0.25, 0.3) is 0 Å². The first kappa shape index (κ1) is 16.8. The number of halogens is 1. The molecule has 2 aromatic rings. The molecule has 6 heteroatoms. The molecule has 23 heavy (non-hydrogen) atoms. The first-order valence-corrected chi connectivity index (χ1v) is 7.12. The van der Waals surface area contributed by atoms with Crippen LogP contribution < -0.4 is 15.4 Å². The number of methoxy groups -OCH3 is 1. The van der Waals surface area contributed by atoms with Gasteiger partial charge in [-0.25, -0.2) is 9.18 Å². The highest BCUT2D eigenvalue weighted by Crippen LogP contribution is 2.17. The van der Waals surface area contributed by atoms with Crippen molar-refractivity contribution < 1.29 is 19.0 Å². The van der Waals surface area contributed by atoms with Crippen LogP contribution in [0.2, 0.25) is 0 Å². The number of carbonyl (C=O) groups excluding carboxylic acids is 1. The lowest BCUT2D eigenvalue weighted by atomic mass is 10.1. The predicted octanol–water partition coefficient (Wildman–Crippen LogP) is 3.00. The number of hydrogen-bond acceptors (Lipinski definition) is 3. The number of aliphatic hydroxyl groups excluding tert-OH is 1. The van der Waals surface area contributed by atoms with Gasteiger partial charge >= 0.3 is 6.03 Å². The summed E-state index contributed by atoms with van der Waals surface area (Å²) in [5, 5.41) is 14.9. The van der Waals surface area contributed by atoms with Gasteiger partial charge in [0.25, 0.3) is 0 Å². The molecule has 0 spiro atoms. The molecule has 0 heterocycles. The van der Waals surface area contributed by atoms with Gasteiger partial charge in [-0.1, -0.05) is 18.2 Å². The third kappa shape index (κ3) is 4.69.